The molecular formula is C25H31N3O5S. The average molecular weight is 486 g/mol. The molecule has 0 aliphatic heterocycles. The minimum absolute atomic E-state index is 0.00397. The van der Waals surface area contributed by atoms with Crippen LogP contribution in [0, 0.1) is 17.2 Å². The van der Waals surface area contributed by atoms with E-state index in [1.165, 1.54) is 28.6 Å². The number of nitriles is 1. The monoisotopic (exact) mass is 485 g/mol. The summed E-state index contributed by atoms with van der Waals surface area (Å²) in [6.07, 6.45) is 1.48. The number of rotatable bonds is 11. The van der Waals surface area contributed by atoms with Crippen molar-refractivity contribution in [3.8, 4) is 6.07 Å². The number of nitrogens with one attached hydrogen (secondary N) is 1. The van der Waals surface area contributed by atoms with Crippen LogP contribution >= 0.6 is 0 Å². The summed E-state index contributed by atoms with van der Waals surface area (Å²) in [4.78, 5) is 24.7. The van der Waals surface area contributed by atoms with Crippen molar-refractivity contribution in [1.29, 1.82) is 5.26 Å². The van der Waals surface area contributed by atoms with Crippen LogP contribution in [0.25, 0.3) is 0 Å². The van der Waals surface area contributed by atoms with Gasteiger partial charge >= 0.3 is 5.97 Å². The van der Waals surface area contributed by atoms with Crippen LogP contribution in [0.15, 0.2) is 59.5 Å². The number of anilines is 1. The summed E-state index contributed by atoms with van der Waals surface area (Å²) >= 11 is 0. The molecule has 9 heteroatoms. The maximum absolute atomic E-state index is 13.4. The highest BCUT2D eigenvalue weighted by Crippen LogP contribution is 2.25. The number of benzene rings is 2. The van der Waals surface area contributed by atoms with Gasteiger partial charge in [-0.15, -0.1) is 0 Å². The predicted molar refractivity (Wildman–Crippen MR) is 130 cm³/mol. The van der Waals surface area contributed by atoms with Gasteiger partial charge in [-0.2, -0.15) is 5.26 Å². The largest absolute Gasteiger partial charge is 0.452 e. The Labute approximate surface area is 201 Å². The van der Waals surface area contributed by atoms with Crippen LogP contribution in [-0.4, -0.2) is 39.0 Å². The molecule has 2 aromatic carbocycles. The van der Waals surface area contributed by atoms with Gasteiger partial charge in [0.1, 0.15) is 5.54 Å². The van der Waals surface area contributed by atoms with Crippen molar-refractivity contribution < 1.29 is 22.7 Å². The molecule has 2 aromatic rings. The van der Waals surface area contributed by atoms with Gasteiger partial charge in [-0.1, -0.05) is 51.5 Å². The Kier molecular flexibility index (Phi) is 9.21. The molecule has 1 atom stereocenters. The van der Waals surface area contributed by atoms with Crippen molar-refractivity contribution in [1.82, 2.24) is 5.32 Å². The van der Waals surface area contributed by atoms with Crippen LogP contribution in [0.2, 0.25) is 0 Å². The highest BCUT2D eigenvalue weighted by Gasteiger charge is 2.30. The minimum Gasteiger partial charge on any atom is -0.452 e. The molecule has 0 heterocycles. The lowest BCUT2D eigenvalue weighted by Gasteiger charge is -2.27. The number of ether oxygens (including phenoxy) is 1. The topological polar surface area (TPSA) is 117 Å². The fraction of sp³-hybridized carbons (Fsp3) is 0.400. The van der Waals surface area contributed by atoms with Gasteiger partial charge in [-0.25, -0.2) is 13.2 Å². The third kappa shape index (κ3) is 6.58. The number of esters is 1. The second-order valence-corrected chi connectivity index (χ2v) is 10.2. The summed E-state index contributed by atoms with van der Waals surface area (Å²) in [6, 6.07) is 16.4. The molecule has 182 valence electrons. The summed E-state index contributed by atoms with van der Waals surface area (Å²) in [5.74, 6) is -1.61. The van der Waals surface area contributed by atoms with Crippen molar-refractivity contribution in [2.24, 2.45) is 5.92 Å². The van der Waals surface area contributed by atoms with Gasteiger partial charge in [0, 0.05) is 6.54 Å². The standard InChI is InChI=1S/C25H31N3O5S/c1-5-6-15-28(21-12-8-7-9-13-21)34(31,32)22-14-10-11-20(16-22)24(30)33-17-23(29)27-25(4,18-26)19(2)3/h7-14,16,19H,5-6,15,17H2,1-4H3,(H,27,29)/t25-/m0/s1. The molecule has 0 aliphatic rings. The number of hydrogen-bond acceptors (Lipinski definition) is 6. The fourth-order valence-electron chi connectivity index (χ4n) is 3.04. The molecule has 34 heavy (non-hydrogen) atoms. The number of unbranched alkanes of at least 4 members (excludes halogenated alkanes) is 1. The highest BCUT2D eigenvalue weighted by atomic mass is 32.2. The Morgan fingerprint density at radius 1 is 1.15 bits per heavy atom. The van der Waals surface area contributed by atoms with Gasteiger partial charge in [-0.05, 0) is 49.6 Å². The molecular weight excluding hydrogens is 454 g/mol. The molecule has 0 radical (unpaired) electrons. The number of amides is 1. The van der Waals surface area contributed by atoms with Crippen molar-refractivity contribution in [3.05, 3.63) is 60.2 Å². The molecule has 1 amide bonds. The molecule has 2 rings (SSSR count). The van der Waals surface area contributed by atoms with Gasteiger partial charge in [0.2, 0.25) is 0 Å². The van der Waals surface area contributed by atoms with E-state index in [1.54, 1.807) is 51.1 Å². The molecule has 0 unspecified atom stereocenters. The summed E-state index contributed by atoms with van der Waals surface area (Å²) in [5, 5.41) is 11.9. The second kappa shape index (κ2) is 11.7. The van der Waals surface area contributed by atoms with E-state index in [0.717, 1.165) is 6.42 Å². The van der Waals surface area contributed by atoms with E-state index in [0.29, 0.717) is 18.7 Å². The fourth-order valence-corrected chi connectivity index (χ4v) is 4.59. The first-order valence-corrected chi connectivity index (χ1v) is 12.6. The maximum atomic E-state index is 13.4. The zero-order chi connectivity index (χ0) is 25.4. The third-order valence-electron chi connectivity index (χ3n) is 5.54. The second-order valence-electron chi connectivity index (χ2n) is 8.39. The predicted octanol–water partition coefficient (Wildman–Crippen LogP) is 3.89. The first-order valence-electron chi connectivity index (χ1n) is 11.1. The highest BCUT2D eigenvalue weighted by molar-refractivity contribution is 7.92. The Morgan fingerprint density at radius 3 is 2.41 bits per heavy atom. The Hall–Kier alpha value is -3.38. The molecule has 0 bridgehead atoms. The number of para-hydroxylation sites is 1. The van der Waals surface area contributed by atoms with Crippen LogP contribution in [0.1, 0.15) is 50.9 Å². The Bertz CT molecular complexity index is 1140. The lowest BCUT2D eigenvalue weighted by Crippen LogP contribution is -2.50. The van der Waals surface area contributed by atoms with Gasteiger partial charge in [0.15, 0.2) is 6.61 Å². The molecule has 8 nitrogen and oxygen atoms in total. The van der Waals surface area contributed by atoms with Gasteiger partial charge in [0.05, 0.1) is 22.2 Å². The van der Waals surface area contributed by atoms with Crippen LogP contribution in [0.4, 0.5) is 5.69 Å². The van der Waals surface area contributed by atoms with Crippen molar-refractivity contribution in [2.45, 2.75) is 51.0 Å². The number of carbonyl (C=O) groups is 2. The summed E-state index contributed by atoms with van der Waals surface area (Å²) < 4.78 is 33.2. The summed E-state index contributed by atoms with van der Waals surface area (Å²) in [6.45, 7) is 6.85. The van der Waals surface area contributed by atoms with Crippen molar-refractivity contribution >= 4 is 27.6 Å². The van der Waals surface area contributed by atoms with E-state index in [9.17, 15) is 23.3 Å². The zero-order valence-electron chi connectivity index (χ0n) is 19.9. The normalized spacial score (nSPS) is 12.9. The first-order chi connectivity index (χ1) is 16.0. The van der Waals surface area contributed by atoms with Gasteiger partial charge < -0.3 is 10.1 Å². The lowest BCUT2D eigenvalue weighted by atomic mass is 9.90. The van der Waals surface area contributed by atoms with E-state index < -0.39 is 34.0 Å². The van der Waals surface area contributed by atoms with E-state index in [1.807, 2.05) is 13.0 Å². The number of nitrogens with zero attached hydrogens (tertiary/aromatic N) is 2. The molecule has 0 aromatic heterocycles. The van der Waals surface area contributed by atoms with Crippen LogP contribution in [0.3, 0.4) is 0 Å². The first kappa shape index (κ1) is 26.9. The van der Waals surface area contributed by atoms with E-state index in [2.05, 4.69) is 5.32 Å². The van der Waals surface area contributed by atoms with Crippen LogP contribution < -0.4 is 9.62 Å². The van der Waals surface area contributed by atoms with E-state index in [-0.39, 0.29) is 16.4 Å². The maximum Gasteiger partial charge on any atom is 0.338 e. The summed E-state index contributed by atoms with van der Waals surface area (Å²) in [5.41, 5.74) is -0.563. The van der Waals surface area contributed by atoms with E-state index >= 15 is 0 Å². The Morgan fingerprint density at radius 2 is 1.82 bits per heavy atom. The molecule has 0 saturated carbocycles. The Balaban J connectivity index is 2.20. The molecule has 0 fully saturated rings. The molecule has 0 saturated heterocycles. The zero-order valence-corrected chi connectivity index (χ0v) is 20.8. The molecule has 0 aliphatic carbocycles. The van der Waals surface area contributed by atoms with E-state index in [4.69, 9.17) is 4.74 Å². The molecule has 1 N–H and O–H groups in total. The summed E-state index contributed by atoms with van der Waals surface area (Å²) in [7, 11) is -3.94. The number of carbonyl (C=O) groups excluding carboxylic acids is 2. The number of hydrogen-bond donors (Lipinski definition) is 1. The minimum atomic E-state index is -3.94. The quantitative estimate of drug-likeness (QED) is 0.483. The SMILES string of the molecule is CCCCN(c1ccccc1)S(=O)(=O)c1cccc(C(=O)OCC(=O)N[C@@](C)(C#N)C(C)C)c1. The van der Waals surface area contributed by atoms with Crippen molar-refractivity contribution in [3.63, 3.8) is 0 Å². The third-order valence-corrected chi connectivity index (χ3v) is 7.36. The van der Waals surface area contributed by atoms with Gasteiger partial charge in [0.25, 0.3) is 15.9 Å². The number of sulfonamides is 1. The molecule has 0 spiro atoms. The van der Waals surface area contributed by atoms with Crippen molar-refractivity contribution in [2.75, 3.05) is 17.5 Å². The smallest absolute Gasteiger partial charge is 0.338 e. The lowest BCUT2D eigenvalue weighted by molar-refractivity contribution is -0.125. The van der Waals surface area contributed by atoms with Crippen LogP contribution in [-0.2, 0) is 19.6 Å². The van der Waals surface area contributed by atoms with Crippen LogP contribution in [0.5, 0.6) is 0 Å². The van der Waals surface area contributed by atoms with Gasteiger partial charge in [-0.3, -0.25) is 9.10 Å². The average Bonchev–Trinajstić information content (AvgIpc) is 2.83.